The van der Waals surface area contributed by atoms with Gasteiger partial charge in [0.1, 0.15) is 13.1 Å². The molecule has 1 fully saturated rings. The van der Waals surface area contributed by atoms with Gasteiger partial charge in [0.25, 0.3) is 0 Å². The van der Waals surface area contributed by atoms with E-state index in [9.17, 15) is 14.4 Å². The summed E-state index contributed by atoms with van der Waals surface area (Å²) in [5.74, 6) is -0.336. The van der Waals surface area contributed by atoms with Gasteiger partial charge in [-0.1, -0.05) is 36.8 Å². The lowest BCUT2D eigenvalue weighted by molar-refractivity contribution is -0.132. The van der Waals surface area contributed by atoms with E-state index in [1.807, 2.05) is 48.2 Å². The maximum Gasteiger partial charge on any atom is 0.326 e. The molecule has 174 valence electrons. The van der Waals surface area contributed by atoms with Crippen molar-refractivity contribution in [2.45, 2.75) is 20.3 Å². The molecule has 33 heavy (non-hydrogen) atoms. The zero-order valence-corrected chi connectivity index (χ0v) is 19.3. The summed E-state index contributed by atoms with van der Waals surface area (Å²) in [5, 5.41) is 2.86. The lowest BCUT2D eigenvalue weighted by Gasteiger charge is -2.38. The number of anilines is 3. The predicted molar refractivity (Wildman–Crippen MR) is 130 cm³/mol. The molecule has 0 saturated carbocycles. The highest BCUT2D eigenvalue weighted by molar-refractivity contribution is 6.15. The van der Waals surface area contributed by atoms with Gasteiger partial charge < -0.3 is 10.2 Å². The lowest BCUT2D eigenvalue weighted by Crippen LogP contribution is -2.55. The van der Waals surface area contributed by atoms with E-state index in [-0.39, 0.29) is 30.9 Å². The van der Waals surface area contributed by atoms with E-state index in [1.54, 1.807) is 12.1 Å². The summed E-state index contributed by atoms with van der Waals surface area (Å²) in [6, 6.07) is 14.3. The minimum Gasteiger partial charge on any atom is -0.339 e. The lowest BCUT2D eigenvalue weighted by atomic mass is 10.1. The molecule has 2 aliphatic heterocycles. The van der Waals surface area contributed by atoms with Crippen molar-refractivity contribution in [3.05, 3.63) is 54.1 Å². The summed E-state index contributed by atoms with van der Waals surface area (Å²) in [6.45, 7) is 8.10. The fraction of sp³-hybridized carbons (Fsp3) is 0.400. The summed E-state index contributed by atoms with van der Waals surface area (Å²) < 4.78 is 0. The van der Waals surface area contributed by atoms with Crippen LogP contribution in [0.5, 0.6) is 0 Å². The molecular formula is C25H31N5O3. The first-order chi connectivity index (χ1) is 16.0. The maximum atomic E-state index is 13.0. The summed E-state index contributed by atoms with van der Waals surface area (Å²) in [6.07, 6.45) is 1.10. The van der Waals surface area contributed by atoms with E-state index < -0.39 is 0 Å². The first-order valence-electron chi connectivity index (χ1n) is 11.5. The van der Waals surface area contributed by atoms with Gasteiger partial charge >= 0.3 is 6.03 Å². The molecule has 8 heteroatoms. The minimum atomic E-state index is -0.377. The van der Waals surface area contributed by atoms with Crippen molar-refractivity contribution in [3.8, 4) is 0 Å². The number of carbonyl (C=O) groups is 3. The van der Waals surface area contributed by atoms with Crippen LogP contribution in [0.2, 0.25) is 0 Å². The normalized spacial score (nSPS) is 16.5. The molecule has 1 saturated heterocycles. The van der Waals surface area contributed by atoms with Crippen molar-refractivity contribution in [2.24, 2.45) is 0 Å². The van der Waals surface area contributed by atoms with E-state index in [1.165, 1.54) is 9.80 Å². The molecule has 4 rings (SSSR count). The van der Waals surface area contributed by atoms with Crippen LogP contribution in [0.4, 0.5) is 21.9 Å². The Kier molecular flexibility index (Phi) is 6.93. The molecule has 0 radical (unpaired) electrons. The molecule has 0 aromatic heterocycles. The van der Waals surface area contributed by atoms with E-state index >= 15 is 0 Å². The Balaban J connectivity index is 1.46. The van der Waals surface area contributed by atoms with Crippen molar-refractivity contribution in [1.82, 2.24) is 9.80 Å². The minimum absolute atomic E-state index is 0.0168. The van der Waals surface area contributed by atoms with Gasteiger partial charge in [0, 0.05) is 31.9 Å². The third kappa shape index (κ3) is 5.17. The van der Waals surface area contributed by atoms with Crippen molar-refractivity contribution in [2.75, 3.05) is 60.9 Å². The Morgan fingerprint density at radius 1 is 0.939 bits per heavy atom. The van der Waals surface area contributed by atoms with Crippen molar-refractivity contribution in [3.63, 3.8) is 0 Å². The van der Waals surface area contributed by atoms with Gasteiger partial charge in [-0.3, -0.25) is 24.3 Å². The first kappa shape index (κ1) is 22.8. The quantitative estimate of drug-likeness (QED) is 0.762. The van der Waals surface area contributed by atoms with Crippen molar-refractivity contribution < 1.29 is 14.4 Å². The number of urea groups is 1. The molecule has 0 atom stereocenters. The Labute approximate surface area is 194 Å². The van der Waals surface area contributed by atoms with Gasteiger partial charge in [0.2, 0.25) is 11.8 Å². The van der Waals surface area contributed by atoms with E-state index in [4.69, 9.17) is 0 Å². The SMILES string of the molecule is CCCN1CCN(C(=O)CN2C(=O)CN(C(=O)Nc3ccc(C)cc3)c3ccccc32)CC1. The first-order valence-corrected chi connectivity index (χ1v) is 11.5. The third-order valence-electron chi connectivity index (χ3n) is 6.16. The molecule has 2 aliphatic rings. The predicted octanol–water partition coefficient (Wildman–Crippen LogP) is 2.93. The average molecular weight is 450 g/mol. The number of carbonyl (C=O) groups excluding carboxylic acids is 3. The monoisotopic (exact) mass is 449 g/mol. The van der Waals surface area contributed by atoms with E-state index in [0.717, 1.165) is 31.6 Å². The average Bonchev–Trinajstić information content (AvgIpc) is 2.82. The van der Waals surface area contributed by atoms with Gasteiger partial charge in [-0.15, -0.1) is 0 Å². The van der Waals surface area contributed by atoms with Crippen LogP contribution < -0.4 is 15.1 Å². The Morgan fingerprint density at radius 2 is 1.61 bits per heavy atom. The number of amides is 4. The fourth-order valence-corrected chi connectivity index (χ4v) is 4.32. The molecule has 0 spiro atoms. The largest absolute Gasteiger partial charge is 0.339 e. The van der Waals surface area contributed by atoms with Crippen LogP contribution in [0.25, 0.3) is 0 Å². The van der Waals surface area contributed by atoms with Crippen LogP contribution in [-0.4, -0.2) is 73.5 Å². The molecule has 0 bridgehead atoms. The van der Waals surface area contributed by atoms with E-state index in [2.05, 4.69) is 17.1 Å². The number of aryl methyl sites for hydroxylation is 1. The highest BCUT2D eigenvalue weighted by Gasteiger charge is 2.34. The molecule has 2 aromatic rings. The number of para-hydroxylation sites is 2. The second-order valence-corrected chi connectivity index (χ2v) is 8.57. The number of piperazine rings is 1. The second kappa shape index (κ2) is 10.0. The van der Waals surface area contributed by atoms with Gasteiger partial charge in [-0.05, 0) is 44.2 Å². The molecule has 2 heterocycles. The highest BCUT2D eigenvalue weighted by Crippen LogP contribution is 2.33. The van der Waals surface area contributed by atoms with Gasteiger partial charge in [0.05, 0.1) is 11.4 Å². The summed E-state index contributed by atoms with van der Waals surface area (Å²) in [7, 11) is 0. The zero-order valence-electron chi connectivity index (χ0n) is 19.3. The van der Waals surface area contributed by atoms with Crippen LogP contribution in [0, 0.1) is 6.92 Å². The summed E-state index contributed by atoms with van der Waals surface area (Å²) in [4.78, 5) is 46.2. The van der Waals surface area contributed by atoms with Gasteiger partial charge in [-0.2, -0.15) is 0 Å². The molecule has 0 unspecified atom stereocenters. The molecule has 1 N–H and O–H groups in total. The number of nitrogens with one attached hydrogen (secondary N) is 1. The molecule has 8 nitrogen and oxygen atoms in total. The van der Waals surface area contributed by atoms with Crippen LogP contribution in [0.1, 0.15) is 18.9 Å². The number of hydrogen-bond acceptors (Lipinski definition) is 4. The van der Waals surface area contributed by atoms with Crippen LogP contribution in [0.15, 0.2) is 48.5 Å². The molecule has 4 amide bonds. The smallest absolute Gasteiger partial charge is 0.326 e. The number of benzene rings is 2. The Hall–Kier alpha value is -3.39. The second-order valence-electron chi connectivity index (χ2n) is 8.57. The molecular weight excluding hydrogens is 418 g/mol. The van der Waals surface area contributed by atoms with Crippen molar-refractivity contribution >= 4 is 34.9 Å². The van der Waals surface area contributed by atoms with Crippen molar-refractivity contribution in [1.29, 1.82) is 0 Å². The Bertz CT molecular complexity index is 1010. The van der Waals surface area contributed by atoms with Crippen LogP contribution in [0.3, 0.4) is 0 Å². The van der Waals surface area contributed by atoms with E-state index in [0.29, 0.717) is 30.2 Å². The maximum absolute atomic E-state index is 13.0. The topological polar surface area (TPSA) is 76.2 Å². The number of nitrogens with zero attached hydrogens (tertiary/aromatic N) is 4. The standard InChI is InChI=1S/C25H31N5O3/c1-3-12-27-13-15-28(16-14-27)23(31)17-29-21-6-4-5-7-22(21)30(18-24(29)32)25(33)26-20-10-8-19(2)9-11-20/h4-11H,3,12-18H2,1-2H3,(H,26,33). The zero-order chi connectivity index (χ0) is 23.4. The van der Waals surface area contributed by atoms with Crippen LogP contribution in [-0.2, 0) is 9.59 Å². The number of hydrogen-bond donors (Lipinski definition) is 1. The number of fused-ring (bicyclic) bond motifs is 1. The molecule has 0 aliphatic carbocycles. The Morgan fingerprint density at radius 3 is 2.27 bits per heavy atom. The molecule has 2 aromatic carbocycles. The van der Waals surface area contributed by atoms with Gasteiger partial charge in [0.15, 0.2) is 0 Å². The number of rotatable bonds is 5. The van der Waals surface area contributed by atoms with Gasteiger partial charge in [-0.25, -0.2) is 4.79 Å². The summed E-state index contributed by atoms with van der Waals surface area (Å²) >= 11 is 0. The fourth-order valence-electron chi connectivity index (χ4n) is 4.32. The summed E-state index contributed by atoms with van der Waals surface area (Å²) in [5.41, 5.74) is 2.95. The van der Waals surface area contributed by atoms with Crippen LogP contribution >= 0.6 is 0 Å². The third-order valence-corrected chi connectivity index (χ3v) is 6.16. The highest BCUT2D eigenvalue weighted by atomic mass is 16.2.